The van der Waals surface area contributed by atoms with Gasteiger partial charge in [-0.3, -0.25) is 0 Å². The molecule has 0 atom stereocenters. The normalized spacial score (nSPS) is 12.3. The van der Waals surface area contributed by atoms with Crippen LogP contribution in [-0.4, -0.2) is 0 Å². The van der Waals surface area contributed by atoms with Gasteiger partial charge in [-0.2, -0.15) is 0 Å². The molecule has 0 heterocycles. The Labute approximate surface area is 422 Å². The fourth-order valence-electron chi connectivity index (χ4n) is 11.5. The lowest BCUT2D eigenvalue weighted by Crippen LogP contribution is -2.28. The Balaban J connectivity index is 0.963. The fraction of sp³-hybridized carbons (Fsp3) is 0.0141. The van der Waals surface area contributed by atoms with Gasteiger partial charge in [0.15, 0.2) is 0 Å². The van der Waals surface area contributed by atoms with E-state index in [4.69, 9.17) is 0 Å². The Hall–Kier alpha value is -9.30. The molecule has 1 nitrogen and oxygen atoms in total. The minimum atomic E-state index is -0.472. The van der Waals surface area contributed by atoms with E-state index < -0.39 is 5.41 Å². The van der Waals surface area contributed by atoms with E-state index >= 15 is 0 Å². The molecule has 1 heteroatoms. The number of benzene rings is 12. The van der Waals surface area contributed by atoms with Crippen LogP contribution in [0.2, 0.25) is 0 Å². The summed E-state index contributed by atoms with van der Waals surface area (Å²) in [5.41, 5.74) is 22.3. The van der Waals surface area contributed by atoms with Crippen molar-refractivity contribution in [3.8, 4) is 66.8 Å². The molecule has 12 aromatic rings. The zero-order valence-electron chi connectivity index (χ0n) is 39.7. The molecule has 0 N–H and O–H groups in total. The summed E-state index contributed by atoms with van der Waals surface area (Å²) in [5.74, 6) is 0. The largest absolute Gasteiger partial charge is 0.309 e. The molecule has 13 rings (SSSR count). The van der Waals surface area contributed by atoms with Crippen molar-refractivity contribution in [2.45, 2.75) is 5.41 Å². The average Bonchev–Trinajstić information content (AvgIpc) is 3.78. The molecule has 0 aliphatic heterocycles. The third kappa shape index (κ3) is 7.34. The van der Waals surface area contributed by atoms with Gasteiger partial charge in [-0.1, -0.05) is 261 Å². The maximum absolute atomic E-state index is 2.46. The van der Waals surface area contributed by atoms with Crippen LogP contribution in [-0.2, 0) is 5.41 Å². The Morgan fingerprint density at radius 2 is 0.667 bits per heavy atom. The maximum Gasteiger partial charge on any atom is 0.0713 e. The molecule has 338 valence electrons. The standard InChI is InChI=1S/C71H49N/c1-4-20-50(21-5-1)56-24-18-25-58(49-56)63-31-14-17-37-69(63)72(68-36-16-13-30-62(68)53-41-38-52(39-42-53)57-43-40-51-22-10-11-23-55(51)48-57)61-46-44-54(45-47-61)64-33-19-35-67-70(64)65-32-12-15-34-66(65)71(67,59-26-6-2-7-27-59)60-28-8-3-9-29-60/h1-49H. The van der Waals surface area contributed by atoms with E-state index in [0.29, 0.717) is 0 Å². The van der Waals surface area contributed by atoms with Crippen molar-refractivity contribution in [3.63, 3.8) is 0 Å². The number of hydrogen-bond acceptors (Lipinski definition) is 1. The van der Waals surface area contributed by atoms with E-state index in [9.17, 15) is 0 Å². The van der Waals surface area contributed by atoms with E-state index in [1.165, 1.54) is 77.5 Å². The molecular weight excluding hydrogens is 867 g/mol. The second-order valence-electron chi connectivity index (χ2n) is 18.8. The number of para-hydroxylation sites is 2. The number of anilines is 3. The Kier molecular flexibility index (Phi) is 10.8. The van der Waals surface area contributed by atoms with E-state index in [0.717, 1.165) is 39.3 Å². The van der Waals surface area contributed by atoms with Crippen LogP contribution in [0.25, 0.3) is 77.5 Å². The molecular formula is C71H49N. The van der Waals surface area contributed by atoms with Gasteiger partial charge in [0.25, 0.3) is 0 Å². The van der Waals surface area contributed by atoms with Crippen LogP contribution in [0.5, 0.6) is 0 Å². The van der Waals surface area contributed by atoms with Gasteiger partial charge < -0.3 is 4.90 Å². The minimum Gasteiger partial charge on any atom is -0.309 e. The monoisotopic (exact) mass is 915 g/mol. The lowest BCUT2D eigenvalue weighted by Gasteiger charge is -2.34. The molecule has 0 bridgehead atoms. The van der Waals surface area contributed by atoms with Crippen LogP contribution >= 0.6 is 0 Å². The van der Waals surface area contributed by atoms with Gasteiger partial charge in [0.2, 0.25) is 0 Å². The molecule has 0 fully saturated rings. The Bertz CT molecular complexity index is 3850. The zero-order valence-corrected chi connectivity index (χ0v) is 39.7. The van der Waals surface area contributed by atoms with Crippen LogP contribution in [0.1, 0.15) is 22.3 Å². The van der Waals surface area contributed by atoms with E-state index in [-0.39, 0.29) is 0 Å². The summed E-state index contributed by atoms with van der Waals surface area (Å²) in [6.45, 7) is 0. The first-order chi connectivity index (χ1) is 35.7. The smallest absolute Gasteiger partial charge is 0.0713 e. The SMILES string of the molecule is c1ccc(-c2cccc(-c3ccccc3N(c3ccc(-c4cccc5c4-c4ccccc4C5(c4ccccc4)c4ccccc4)cc3)c3ccccc3-c3ccc(-c4ccc5ccccc5c4)cc3)c2)cc1. The summed E-state index contributed by atoms with van der Waals surface area (Å²) in [7, 11) is 0. The quantitative estimate of drug-likeness (QED) is 0.132. The second kappa shape index (κ2) is 18.2. The van der Waals surface area contributed by atoms with Crippen molar-refractivity contribution in [2.75, 3.05) is 4.90 Å². The molecule has 1 aliphatic carbocycles. The third-order valence-electron chi connectivity index (χ3n) is 14.8. The van der Waals surface area contributed by atoms with Crippen molar-refractivity contribution in [1.82, 2.24) is 0 Å². The highest BCUT2D eigenvalue weighted by molar-refractivity contribution is 5.98. The lowest BCUT2D eigenvalue weighted by atomic mass is 9.67. The molecule has 0 spiro atoms. The van der Waals surface area contributed by atoms with Crippen molar-refractivity contribution < 1.29 is 0 Å². The van der Waals surface area contributed by atoms with Gasteiger partial charge in [0.1, 0.15) is 0 Å². The van der Waals surface area contributed by atoms with Gasteiger partial charge in [-0.05, 0) is 125 Å². The maximum atomic E-state index is 2.46. The van der Waals surface area contributed by atoms with Gasteiger partial charge in [0, 0.05) is 16.8 Å². The summed E-state index contributed by atoms with van der Waals surface area (Å²) in [4.78, 5) is 2.46. The highest BCUT2D eigenvalue weighted by atomic mass is 15.1. The lowest BCUT2D eigenvalue weighted by molar-refractivity contribution is 0.768. The van der Waals surface area contributed by atoms with Crippen molar-refractivity contribution in [2.24, 2.45) is 0 Å². The number of hydrogen-bond donors (Lipinski definition) is 0. The number of fused-ring (bicyclic) bond motifs is 4. The van der Waals surface area contributed by atoms with Crippen LogP contribution in [0.4, 0.5) is 17.1 Å². The van der Waals surface area contributed by atoms with E-state index in [2.05, 4.69) is 302 Å². The molecule has 0 unspecified atom stereocenters. The van der Waals surface area contributed by atoms with Crippen molar-refractivity contribution in [3.05, 3.63) is 320 Å². The molecule has 72 heavy (non-hydrogen) atoms. The topological polar surface area (TPSA) is 3.24 Å². The first-order valence-electron chi connectivity index (χ1n) is 24.9. The molecule has 1 aliphatic rings. The van der Waals surface area contributed by atoms with Crippen molar-refractivity contribution in [1.29, 1.82) is 0 Å². The molecule has 0 radical (unpaired) electrons. The number of rotatable bonds is 10. The summed E-state index contributed by atoms with van der Waals surface area (Å²) in [5, 5.41) is 2.49. The Morgan fingerprint density at radius 1 is 0.236 bits per heavy atom. The van der Waals surface area contributed by atoms with E-state index in [1.54, 1.807) is 0 Å². The van der Waals surface area contributed by atoms with Gasteiger partial charge in [0.05, 0.1) is 16.8 Å². The third-order valence-corrected chi connectivity index (χ3v) is 14.8. The molecule has 0 aromatic heterocycles. The van der Waals surface area contributed by atoms with Crippen LogP contribution < -0.4 is 4.90 Å². The summed E-state index contributed by atoms with van der Waals surface area (Å²) in [6.07, 6.45) is 0. The first kappa shape index (κ1) is 42.8. The first-order valence-corrected chi connectivity index (χ1v) is 24.9. The van der Waals surface area contributed by atoms with Crippen molar-refractivity contribution >= 4 is 27.8 Å². The average molecular weight is 916 g/mol. The second-order valence-corrected chi connectivity index (χ2v) is 18.8. The van der Waals surface area contributed by atoms with E-state index in [1.807, 2.05) is 0 Å². The summed E-state index contributed by atoms with van der Waals surface area (Å²) >= 11 is 0. The minimum absolute atomic E-state index is 0.472. The molecule has 12 aromatic carbocycles. The number of nitrogens with zero attached hydrogens (tertiary/aromatic N) is 1. The van der Waals surface area contributed by atoms with Gasteiger partial charge in [-0.25, -0.2) is 0 Å². The predicted octanol–water partition coefficient (Wildman–Crippen LogP) is 19.0. The highest BCUT2D eigenvalue weighted by Crippen LogP contribution is 2.58. The van der Waals surface area contributed by atoms with Crippen LogP contribution in [0.3, 0.4) is 0 Å². The molecule has 0 saturated carbocycles. The van der Waals surface area contributed by atoms with Gasteiger partial charge in [-0.15, -0.1) is 0 Å². The summed E-state index contributed by atoms with van der Waals surface area (Å²) < 4.78 is 0. The van der Waals surface area contributed by atoms with Crippen LogP contribution in [0, 0.1) is 0 Å². The molecule has 0 saturated heterocycles. The zero-order chi connectivity index (χ0) is 47.8. The molecule has 0 amide bonds. The van der Waals surface area contributed by atoms with Crippen LogP contribution in [0.15, 0.2) is 297 Å². The predicted molar refractivity (Wildman–Crippen MR) is 303 cm³/mol. The highest BCUT2D eigenvalue weighted by Gasteiger charge is 2.46. The fourth-order valence-corrected chi connectivity index (χ4v) is 11.5. The summed E-state index contributed by atoms with van der Waals surface area (Å²) in [6, 6.07) is 109. The van der Waals surface area contributed by atoms with Gasteiger partial charge >= 0.3 is 0 Å². The Morgan fingerprint density at radius 3 is 1.36 bits per heavy atom.